The van der Waals surface area contributed by atoms with Gasteiger partial charge in [-0.05, 0) is 29.8 Å². The number of hydrogen-bond acceptors (Lipinski definition) is 4. The van der Waals surface area contributed by atoms with Crippen LogP contribution in [0.1, 0.15) is 22.3 Å². The Morgan fingerprint density at radius 2 is 1.22 bits per heavy atom. The second-order valence-electron chi connectivity index (χ2n) is 7.72. The molecule has 1 aliphatic heterocycles. The van der Waals surface area contributed by atoms with Crippen molar-refractivity contribution in [1.82, 2.24) is 9.80 Å². The summed E-state index contributed by atoms with van der Waals surface area (Å²) >= 11 is 1.72. The van der Waals surface area contributed by atoms with Crippen molar-refractivity contribution in [2.24, 2.45) is 0 Å². The maximum absolute atomic E-state index is 12.6. The Labute approximate surface area is 208 Å². The molecule has 0 aliphatic carbocycles. The fourth-order valence-electron chi connectivity index (χ4n) is 3.75. The van der Waals surface area contributed by atoms with Crippen LogP contribution in [-0.4, -0.2) is 48.3 Å². The van der Waals surface area contributed by atoms with Crippen LogP contribution < -0.4 is 0 Å². The van der Waals surface area contributed by atoms with Crippen LogP contribution in [0.2, 0.25) is 0 Å². The highest BCUT2D eigenvalue weighted by molar-refractivity contribution is 7.99. The zero-order chi connectivity index (χ0) is 20.6. The summed E-state index contributed by atoms with van der Waals surface area (Å²) in [5.74, 6) is 0.234. The van der Waals surface area contributed by atoms with Crippen LogP contribution in [0.15, 0.2) is 94.7 Å². The summed E-state index contributed by atoms with van der Waals surface area (Å²) in [5, 5.41) is 0. The molecule has 32 heavy (non-hydrogen) atoms. The van der Waals surface area contributed by atoms with Gasteiger partial charge in [-0.3, -0.25) is 9.69 Å². The van der Waals surface area contributed by atoms with Crippen molar-refractivity contribution in [3.63, 3.8) is 0 Å². The summed E-state index contributed by atoms with van der Waals surface area (Å²) in [5.41, 5.74) is 2.19. The highest BCUT2D eigenvalue weighted by Gasteiger charge is 2.18. The zero-order valence-electron chi connectivity index (χ0n) is 18.1. The van der Waals surface area contributed by atoms with E-state index in [2.05, 4.69) is 52.3 Å². The lowest BCUT2D eigenvalue weighted by molar-refractivity contribution is 0.0922. The van der Waals surface area contributed by atoms with E-state index in [-0.39, 0.29) is 30.6 Å². The summed E-state index contributed by atoms with van der Waals surface area (Å²) in [4.78, 5) is 19.9. The van der Waals surface area contributed by atoms with Crippen molar-refractivity contribution in [3.8, 4) is 0 Å². The molecule has 1 heterocycles. The first-order valence-corrected chi connectivity index (χ1v) is 11.4. The lowest BCUT2D eigenvalue weighted by atomic mass is 10.1. The second kappa shape index (κ2) is 13.7. The van der Waals surface area contributed by atoms with E-state index in [1.165, 1.54) is 10.5 Å². The number of halogens is 2. The molecule has 0 radical (unpaired) electrons. The number of piperazine rings is 1. The monoisotopic (exact) mass is 488 g/mol. The molecule has 3 aromatic rings. The molecule has 0 unspecified atom stereocenters. The predicted molar refractivity (Wildman–Crippen MR) is 139 cm³/mol. The molecule has 0 bridgehead atoms. The molecule has 0 N–H and O–H groups in total. The van der Waals surface area contributed by atoms with Gasteiger partial charge in [0.15, 0.2) is 5.78 Å². The van der Waals surface area contributed by atoms with Crippen molar-refractivity contribution < 1.29 is 4.79 Å². The number of carbonyl (C=O) groups is 1. The van der Waals surface area contributed by atoms with Crippen molar-refractivity contribution in [2.45, 2.75) is 22.8 Å². The lowest BCUT2D eigenvalue weighted by Crippen LogP contribution is -2.46. The molecule has 1 aliphatic rings. The van der Waals surface area contributed by atoms with E-state index in [0.29, 0.717) is 6.42 Å². The van der Waals surface area contributed by atoms with E-state index in [9.17, 15) is 4.79 Å². The third-order valence-electron chi connectivity index (χ3n) is 5.52. The largest absolute Gasteiger partial charge is 0.300 e. The van der Waals surface area contributed by atoms with Crippen LogP contribution in [0.5, 0.6) is 0 Å². The highest BCUT2D eigenvalue weighted by Crippen LogP contribution is 2.27. The van der Waals surface area contributed by atoms with E-state index in [0.717, 1.165) is 49.7 Å². The SMILES string of the molecule is Cl.Cl.O=C(CCN1CCN(Cc2ccccc2)CC1)c1ccc(Sc2ccccc2)cc1. The first-order valence-electron chi connectivity index (χ1n) is 10.6. The number of Topliss-reactive ketones (excluding diaryl/α,β-unsaturated/α-hetero) is 1. The van der Waals surface area contributed by atoms with Gasteiger partial charge in [0.1, 0.15) is 0 Å². The first-order chi connectivity index (χ1) is 14.8. The third-order valence-corrected chi connectivity index (χ3v) is 6.54. The molecule has 3 nitrogen and oxygen atoms in total. The molecule has 170 valence electrons. The number of nitrogens with zero attached hydrogens (tertiary/aromatic N) is 2. The molecule has 6 heteroatoms. The normalized spacial score (nSPS) is 14.2. The third kappa shape index (κ3) is 7.95. The second-order valence-corrected chi connectivity index (χ2v) is 8.86. The minimum atomic E-state index is 0. The number of ketones is 1. The van der Waals surface area contributed by atoms with Gasteiger partial charge >= 0.3 is 0 Å². The molecule has 0 aromatic heterocycles. The van der Waals surface area contributed by atoms with E-state index >= 15 is 0 Å². The van der Waals surface area contributed by atoms with Crippen LogP contribution in [0.25, 0.3) is 0 Å². The summed E-state index contributed by atoms with van der Waals surface area (Å²) in [7, 11) is 0. The van der Waals surface area contributed by atoms with Gasteiger partial charge in [0, 0.05) is 61.0 Å². The Kier molecular flexibility index (Phi) is 11.3. The number of benzene rings is 3. The number of carbonyl (C=O) groups excluding carboxylic acids is 1. The topological polar surface area (TPSA) is 23.6 Å². The summed E-state index contributed by atoms with van der Waals surface area (Å²) in [6, 6.07) is 29.0. The molecular formula is C26H30Cl2N2OS. The first kappa shape index (κ1) is 26.4. The fraction of sp³-hybridized carbons (Fsp3) is 0.269. The lowest BCUT2D eigenvalue weighted by Gasteiger charge is -2.34. The quantitative estimate of drug-likeness (QED) is 0.358. The molecule has 0 spiro atoms. The van der Waals surface area contributed by atoms with Gasteiger partial charge in [-0.1, -0.05) is 72.4 Å². The van der Waals surface area contributed by atoms with E-state index in [1.54, 1.807) is 11.8 Å². The average molecular weight is 490 g/mol. The van der Waals surface area contributed by atoms with Gasteiger partial charge in [0.25, 0.3) is 0 Å². The van der Waals surface area contributed by atoms with Gasteiger partial charge in [-0.25, -0.2) is 0 Å². The molecule has 3 aromatic carbocycles. The average Bonchev–Trinajstić information content (AvgIpc) is 2.80. The standard InChI is InChI=1S/C26H28N2OS.2ClH/c29-26(23-11-13-25(14-12-23)30-24-9-5-2-6-10-24)15-16-27-17-19-28(20-18-27)21-22-7-3-1-4-8-22;;/h1-14H,15-21H2;2*1H. The van der Waals surface area contributed by atoms with Gasteiger partial charge in [-0.15, -0.1) is 24.8 Å². The van der Waals surface area contributed by atoms with Crippen molar-refractivity contribution in [3.05, 3.63) is 96.1 Å². The number of hydrogen-bond donors (Lipinski definition) is 0. The number of rotatable bonds is 8. The summed E-state index contributed by atoms with van der Waals surface area (Å²) in [6.45, 7) is 6.06. The highest BCUT2D eigenvalue weighted by atomic mass is 35.5. The molecule has 1 saturated heterocycles. The van der Waals surface area contributed by atoms with Crippen LogP contribution in [0.3, 0.4) is 0 Å². The Bertz CT molecular complexity index is 931. The molecule has 0 saturated carbocycles. The summed E-state index contributed by atoms with van der Waals surface area (Å²) in [6.07, 6.45) is 0.587. The van der Waals surface area contributed by atoms with E-state index in [4.69, 9.17) is 0 Å². The van der Waals surface area contributed by atoms with Gasteiger partial charge in [0.2, 0.25) is 0 Å². The van der Waals surface area contributed by atoms with Gasteiger partial charge in [-0.2, -0.15) is 0 Å². The predicted octanol–water partition coefficient (Wildman–Crippen LogP) is 6.07. The van der Waals surface area contributed by atoms with Crippen molar-refractivity contribution in [1.29, 1.82) is 0 Å². The van der Waals surface area contributed by atoms with Gasteiger partial charge < -0.3 is 4.90 Å². The molecule has 0 atom stereocenters. The molecular weight excluding hydrogens is 459 g/mol. The van der Waals surface area contributed by atoms with Crippen molar-refractivity contribution in [2.75, 3.05) is 32.7 Å². The Balaban J connectivity index is 0.00000181. The van der Waals surface area contributed by atoms with Crippen LogP contribution in [-0.2, 0) is 6.54 Å². The Morgan fingerprint density at radius 1 is 0.688 bits per heavy atom. The van der Waals surface area contributed by atoms with E-state index in [1.807, 2.05) is 42.5 Å². The maximum Gasteiger partial charge on any atom is 0.164 e. The van der Waals surface area contributed by atoms with Crippen LogP contribution in [0, 0.1) is 0 Å². The van der Waals surface area contributed by atoms with Crippen molar-refractivity contribution >= 4 is 42.4 Å². The molecule has 4 rings (SSSR count). The zero-order valence-corrected chi connectivity index (χ0v) is 20.5. The minimum Gasteiger partial charge on any atom is -0.300 e. The van der Waals surface area contributed by atoms with Gasteiger partial charge in [0.05, 0.1) is 0 Å². The van der Waals surface area contributed by atoms with Crippen LogP contribution >= 0.6 is 36.6 Å². The fourth-order valence-corrected chi connectivity index (χ4v) is 4.59. The van der Waals surface area contributed by atoms with E-state index < -0.39 is 0 Å². The Hall–Kier alpha value is -1.82. The smallest absolute Gasteiger partial charge is 0.164 e. The molecule has 0 amide bonds. The minimum absolute atomic E-state index is 0. The summed E-state index contributed by atoms with van der Waals surface area (Å²) < 4.78 is 0. The van der Waals surface area contributed by atoms with Crippen LogP contribution in [0.4, 0.5) is 0 Å². The Morgan fingerprint density at radius 3 is 1.84 bits per heavy atom. The maximum atomic E-state index is 12.6. The molecule has 1 fully saturated rings.